The SMILES string of the molecule is CCCCCOc1ccc(C2C(C(=O)OC(C)C)=C(C)N=c3sc(=Cc4ccc(OC)c(OC)c4)c(=O)n32)cc1OC. The van der Waals surface area contributed by atoms with Crippen LogP contribution >= 0.6 is 11.3 Å². The molecule has 1 unspecified atom stereocenters. The molecule has 2 heterocycles. The number of fused-ring (bicyclic) bond motifs is 1. The Morgan fingerprint density at radius 2 is 1.69 bits per heavy atom. The van der Waals surface area contributed by atoms with Crippen LogP contribution in [-0.2, 0) is 9.53 Å². The van der Waals surface area contributed by atoms with Gasteiger partial charge < -0.3 is 23.7 Å². The Morgan fingerprint density at radius 3 is 2.36 bits per heavy atom. The molecule has 0 aliphatic carbocycles. The molecule has 0 N–H and O–H groups in total. The molecule has 1 aliphatic heterocycles. The lowest BCUT2D eigenvalue weighted by molar-refractivity contribution is -0.143. The van der Waals surface area contributed by atoms with E-state index in [4.69, 9.17) is 23.7 Å². The number of esters is 1. The highest BCUT2D eigenvalue weighted by molar-refractivity contribution is 7.07. The molecular formula is C32H38N2O7S. The smallest absolute Gasteiger partial charge is 0.338 e. The van der Waals surface area contributed by atoms with Gasteiger partial charge in [0.15, 0.2) is 27.8 Å². The fraction of sp³-hybridized carbons (Fsp3) is 0.406. The summed E-state index contributed by atoms with van der Waals surface area (Å²) in [4.78, 5) is 32.6. The number of hydrogen-bond donors (Lipinski definition) is 0. The number of rotatable bonds is 12. The van der Waals surface area contributed by atoms with Crippen LogP contribution in [0.25, 0.3) is 6.08 Å². The summed E-state index contributed by atoms with van der Waals surface area (Å²) in [5.41, 5.74) is 1.95. The van der Waals surface area contributed by atoms with Crippen LogP contribution in [0.3, 0.4) is 0 Å². The molecule has 10 heteroatoms. The molecule has 42 heavy (non-hydrogen) atoms. The van der Waals surface area contributed by atoms with Crippen LogP contribution in [0.4, 0.5) is 0 Å². The minimum absolute atomic E-state index is 0.278. The number of methoxy groups -OCH3 is 3. The molecule has 0 spiro atoms. The van der Waals surface area contributed by atoms with Crippen LogP contribution in [0.5, 0.6) is 23.0 Å². The third-order valence-electron chi connectivity index (χ3n) is 6.80. The lowest BCUT2D eigenvalue weighted by Gasteiger charge is -2.26. The molecular weight excluding hydrogens is 556 g/mol. The largest absolute Gasteiger partial charge is 0.493 e. The molecule has 0 saturated carbocycles. The fourth-order valence-corrected chi connectivity index (χ4v) is 5.82. The van der Waals surface area contributed by atoms with Gasteiger partial charge in [0.05, 0.1) is 55.9 Å². The highest BCUT2D eigenvalue weighted by Crippen LogP contribution is 2.36. The third kappa shape index (κ3) is 6.54. The first-order chi connectivity index (χ1) is 20.2. The highest BCUT2D eigenvalue weighted by Gasteiger charge is 2.34. The maximum absolute atomic E-state index is 14.0. The van der Waals surface area contributed by atoms with Crippen LogP contribution < -0.4 is 33.8 Å². The van der Waals surface area contributed by atoms with Crippen LogP contribution in [0.15, 0.2) is 57.5 Å². The van der Waals surface area contributed by atoms with Gasteiger partial charge in [0.2, 0.25) is 0 Å². The maximum atomic E-state index is 14.0. The Balaban J connectivity index is 1.86. The first kappa shape index (κ1) is 30.9. The zero-order chi connectivity index (χ0) is 30.4. The zero-order valence-electron chi connectivity index (χ0n) is 25.2. The molecule has 4 rings (SSSR count). The Hall–Kier alpha value is -4.05. The molecule has 1 aliphatic rings. The zero-order valence-corrected chi connectivity index (χ0v) is 26.0. The molecule has 0 fully saturated rings. The van der Waals surface area contributed by atoms with Gasteiger partial charge in [-0.1, -0.05) is 43.2 Å². The first-order valence-corrected chi connectivity index (χ1v) is 14.8. The number of allylic oxidation sites excluding steroid dienone is 1. The van der Waals surface area contributed by atoms with Crippen LogP contribution in [0.2, 0.25) is 0 Å². The van der Waals surface area contributed by atoms with Gasteiger partial charge in [-0.05, 0) is 68.7 Å². The maximum Gasteiger partial charge on any atom is 0.338 e. The molecule has 1 aromatic heterocycles. The van der Waals surface area contributed by atoms with E-state index in [0.29, 0.717) is 55.8 Å². The van der Waals surface area contributed by atoms with Crippen molar-refractivity contribution < 1.29 is 28.5 Å². The molecule has 0 saturated heterocycles. The second kappa shape index (κ2) is 13.7. The number of unbranched alkanes of at least 4 members (excludes halogenated alkanes) is 2. The van der Waals surface area contributed by atoms with Gasteiger partial charge in [-0.15, -0.1) is 0 Å². The van der Waals surface area contributed by atoms with Crippen molar-refractivity contribution in [2.75, 3.05) is 27.9 Å². The average Bonchev–Trinajstić information content (AvgIpc) is 3.27. The number of thiazole rings is 1. The van der Waals surface area contributed by atoms with Crippen LogP contribution in [0.1, 0.15) is 64.1 Å². The summed E-state index contributed by atoms with van der Waals surface area (Å²) in [7, 11) is 4.70. The highest BCUT2D eigenvalue weighted by atomic mass is 32.1. The van der Waals surface area contributed by atoms with E-state index in [1.165, 1.54) is 11.3 Å². The van der Waals surface area contributed by atoms with Crippen molar-refractivity contribution in [1.29, 1.82) is 0 Å². The lowest BCUT2D eigenvalue weighted by atomic mass is 9.95. The van der Waals surface area contributed by atoms with Gasteiger partial charge in [-0.2, -0.15) is 0 Å². The van der Waals surface area contributed by atoms with Crippen molar-refractivity contribution in [2.45, 2.75) is 59.1 Å². The van der Waals surface area contributed by atoms with Gasteiger partial charge in [-0.25, -0.2) is 9.79 Å². The molecule has 0 bridgehead atoms. The number of hydrogen-bond acceptors (Lipinski definition) is 9. The summed E-state index contributed by atoms with van der Waals surface area (Å²) in [5.74, 6) is 1.74. The van der Waals surface area contributed by atoms with E-state index in [1.54, 1.807) is 64.9 Å². The van der Waals surface area contributed by atoms with Crippen LogP contribution in [0, 0.1) is 0 Å². The number of nitrogens with zero attached hydrogens (tertiary/aromatic N) is 2. The van der Waals surface area contributed by atoms with E-state index in [1.807, 2.05) is 24.3 Å². The standard InChI is InChI=1S/C32H38N2O7S/c1-8-9-10-15-40-24-14-12-22(18-26(24)39-7)29-28(31(36)41-19(2)3)20(4)33-32-34(29)30(35)27(42-32)17-21-11-13-23(37-5)25(16-21)38-6/h11-14,16-19,29H,8-10,15H2,1-7H3. The summed E-state index contributed by atoms with van der Waals surface area (Å²) < 4.78 is 30.1. The quantitative estimate of drug-likeness (QED) is 0.220. The monoisotopic (exact) mass is 594 g/mol. The summed E-state index contributed by atoms with van der Waals surface area (Å²) in [6, 6.07) is 10.1. The third-order valence-corrected chi connectivity index (χ3v) is 7.78. The first-order valence-electron chi connectivity index (χ1n) is 14.0. The Morgan fingerprint density at radius 1 is 1.00 bits per heavy atom. The minimum atomic E-state index is -0.775. The average molecular weight is 595 g/mol. The number of ether oxygens (including phenoxy) is 5. The van der Waals surface area contributed by atoms with E-state index in [9.17, 15) is 9.59 Å². The number of carbonyl (C=O) groups excluding carboxylic acids is 1. The Labute approximate surface area is 249 Å². The molecule has 224 valence electrons. The summed E-state index contributed by atoms with van der Waals surface area (Å²) in [6.45, 7) is 8.04. The van der Waals surface area contributed by atoms with Crippen LogP contribution in [-0.4, -0.2) is 44.6 Å². The summed E-state index contributed by atoms with van der Waals surface area (Å²) in [5, 5.41) is 0. The van der Waals surface area contributed by atoms with E-state index in [-0.39, 0.29) is 11.7 Å². The van der Waals surface area contributed by atoms with Crippen molar-refractivity contribution in [3.8, 4) is 23.0 Å². The van der Waals surface area contributed by atoms with E-state index < -0.39 is 12.0 Å². The predicted molar refractivity (Wildman–Crippen MR) is 163 cm³/mol. The Kier molecular flexibility index (Phi) is 10.1. The molecule has 2 aromatic carbocycles. The van der Waals surface area contributed by atoms with E-state index in [2.05, 4.69) is 11.9 Å². The van der Waals surface area contributed by atoms with E-state index in [0.717, 1.165) is 24.8 Å². The summed E-state index contributed by atoms with van der Waals surface area (Å²) >= 11 is 1.25. The van der Waals surface area contributed by atoms with Crippen molar-refractivity contribution in [2.24, 2.45) is 4.99 Å². The fourth-order valence-electron chi connectivity index (χ4n) is 4.78. The van der Waals surface area contributed by atoms with Gasteiger partial charge >= 0.3 is 5.97 Å². The molecule has 1 atom stereocenters. The molecule has 0 amide bonds. The molecule has 0 radical (unpaired) electrons. The van der Waals surface area contributed by atoms with E-state index >= 15 is 0 Å². The number of carbonyl (C=O) groups is 1. The number of benzene rings is 2. The molecule has 3 aromatic rings. The van der Waals surface area contributed by atoms with Gasteiger partial charge in [0.25, 0.3) is 5.56 Å². The minimum Gasteiger partial charge on any atom is -0.493 e. The van der Waals surface area contributed by atoms with Crippen molar-refractivity contribution in [3.63, 3.8) is 0 Å². The van der Waals surface area contributed by atoms with Crippen molar-refractivity contribution >= 4 is 23.4 Å². The summed E-state index contributed by atoms with van der Waals surface area (Å²) in [6.07, 6.45) is 4.54. The van der Waals surface area contributed by atoms with Gasteiger partial charge in [0, 0.05) is 0 Å². The predicted octanol–water partition coefficient (Wildman–Crippen LogP) is 4.78. The second-order valence-corrected chi connectivity index (χ2v) is 11.1. The number of aromatic nitrogens is 1. The topological polar surface area (TPSA) is 97.6 Å². The van der Waals surface area contributed by atoms with Gasteiger partial charge in [0.1, 0.15) is 0 Å². The lowest BCUT2D eigenvalue weighted by Crippen LogP contribution is -2.40. The Bertz CT molecular complexity index is 1650. The second-order valence-electron chi connectivity index (χ2n) is 10.1. The van der Waals surface area contributed by atoms with Crippen molar-refractivity contribution in [1.82, 2.24) is 4.57 Å². The van der Waals surface area contributed by atoms with Crippen molar-refractivity contribution in [3.05, 3.63) is 78.5 Å². The normalized spacial score (nSPS) is 14.9. The van der Waals surface area contributed by atoms with Gasteiger partial charge in [-0.3, -0.25) is 9.36 Å². The molecule has 9 nitrogen and oxygen atoms in total.